The molecule has 0 spiro atoms. The molecule has 2 aromatic heterocycles. The number of fused-ring (bicyclic) bond motifs is 1. The molecule has 0 bridgehead atoms. The van der Waals surface area contributed by atoms with E-state index in [2.05, 4.69) is 15.4 Å². The van der Waals surface area contributed by atoms with E-state index in [1.165, 1.54) is 0 Å². The maximum atomic E-state index is 14.4. The Balaban J connectivity index is 1.96. The normalized spacial score (nSPS) is 14.1. The van der Waals surface area contributed by atoms with Gasteiger partial charge in [-0.3, -0.25) is 4.79 Å². The van der Waals surface area contributed by atoms with Gasteiger partial charge in [-0.25, -0.2) is 22.7 Å². The standard InChI is InChI=1S/C16H10ClF3N4O/c17-10-4-11(19)9(3-12(10)20)13-14(16(25)22-8-1-2-8)23-24-6-7(18)5-21-15(13)24/h3-6,8H,1-2H2,(H,22,25). The predicted octanol–water partition coefficient (Wildman–Crippen LogP) is 3.36. The molecule has 1 amide bonds. The molecule has 4 rings (SSSR count). The Morgan fingerprint density at radius 3 is 2.72 bits per heavy atom. The van der Waals surface area contributed by atoms with Crippen molar-refractivity contribution in [3.63, 3.8) is 0 Å². The van der Waals surface area contributed by atoms with Crippen LogP contribution in [0.15, 0.2) is 24.5 Å². The summed E-state index contributed by atoms with van der Waals surface area (Å²) in [7, 11) is 0. The van der Waals surface area contributed by atoms with Crippen molar-refractivity contribution in [2.75, 3.05) is 0 Å². The predicted molar refractivity (Wildman–Crippen MR) is 83.8 cm³/mol. The van der Waals surface area contributed by atoms with Crippen molar-refractivity contribution in [2.24, 2.45) is 0 Å². The Hall–Kier alpha value is -2.61. The van der Waals surface area contributed by atoms with Crippen LogP contribution in [0.25, 0.3) is 16.8 Å². The highest BCUT2D eigenvalue weighted by Crippen LogP contribution is 2.33. The third-order valence-corrected chi connectivity index (χ3v) is 4.14. The van der Waals surface area contributed by atoms with Gasteiger partial charge in [0.2, 0.25) is 0 Å². The van der Waals surface area contributed by atoms with Crippen LogP contribution in [0.5, 0.6) is 0 Å². The number of rotatable bonds is 3. The summed E-state index contributed by atoms with van der Waals surface area (Å²) in [6.45, 7) is 0. The van der Waals surface area contributed by atoms with Gasteiger partial charge in [-0.05, 0) is 25.0 Å². The molecule has 1 saturated carbocycles. The maximum absolute atomic E-state index is 14.4. The number of nitrogens with one attached hydrogen (secondary N) is 1. The number of amides is 1. The Morgan fingerprint density at radius 2 is 2.00 bits per heavy atom. The molecule has 0 aliphatic heterocycles. The number of carbonyl (C=O) groups excluding carboxylic acids is 1. The van der Waals surface area contributed by atoms with Crippen LogP contribution < -0.4 is 5.32 Å². The van der Waals surface area contributed by atoms with Crippen molar-refractivity contribution in [2.45, 2.75) is 18.9 Å². The zero-order valence-corrected chi connectivity index (χ0v) is 13.3. The first-order valence-corrected chi connectivity index (χ1v) is 7.81. The molecule has 25 heavy (non-hydrogen) atoms. The second kappa shape index (κ2) is 5.73. The van der Waals surface area contributed by atoms with E-state index in [1.807, 2.05) is 0 Å². The van der Waals surface area contributed by atoms with Gasteiger partial charge in [0, 0.05) is 11.6 Å². The molecule has 0 atom stereocenters. The molecule has 9 heteroatoms. The summed E-state index contributed by atoms with van der Waals surface area (Å²) in [5.41, 5.74) is -0.378. The quantitative estimate of drug-likeness (QED) is 0.723. The zero-order valence-electron chi connectivity index (χ0n) is 12.6. The van der Waals surface area contributed by atoms with Gasteiger partial charge in [-0.15, -0.1) is 0 Å². The largest absolute Gasteiger partial charge is 0.348 e. The Labute approximate surface area is 144 Å². The molecule has 0 radical (unpaired) electrons. The highest BCUT2D eigenvalue weighted by molar-refractivity contribution is 6.30. The molecule has 128 valence electrons. The van der Waals surface area contributed by atoms with Crippen LogP contribution in [0, 0.1) is 17.5 Å². The summed E-state index contributed by atoms with van der Waals surface area (Å²) >= 11 is 5.59. The van der Waals surface area contributed by atoms with Crippen LogP contribution in [-0.2, 0) is 0 Å². The van der Waals surface area contributed by atoms with Crippen LogP contribution >= 0.6 is 11.6 Å². The molecule has 1 aromatic carbocycles. The third kappa shape index (κ3) is 2.82. The first-order chi connectivity index (χ1) is 11.9. The van der Waals surface area contributed by atoms with Crippen LogP contribution in [-0.4, -0.2) is 26.5 Å². The first kappa shape index (κ1) is 15.9. The van der Waals surface area contributed by atoms with Crippen molar-refractivity contribution >= 4 is 23.2 Å². The number of nitrogens with zero attached hydrogens (tertiary/aromatic N) is 3. The molecule has 2 heterocycles. The minimum atomic E-state index is -0.854. The molecule has 3 aromatic rings. The smallest absolute Gasteiger partial charge is 0.272 e. The maximum Gasteiger partial charge on any atom is 0.272 e. The van der Waals surface area contributed by atoms with Crippen molar-refractivity contribution in [1.82, 2.24) is 19.9 Å². The van der Waals surface area contributed by atoms with E-state index in [0.29, 0.717) is 0 Å². The zero-order chi connectivity index (χ0) is 17.7. The van der Waals surface area contributed by atoms with E-state index in [-0.39, 0.29) is 33.5 Å². The van der Waals surface area contributed by atoms with E-state index >= 15 is 0 Å². The van der Waals surface area contributed by atoms with Gasteiger partial charge in [0.1, 0.15) is 11.6 Å². The average Bonchev–Trinajstić information content (AvgIpc) is 3.29. The fourth-order valence-corrected chi connectivity index (χ4v) is 2.67. The van der Waals surface area contributed by atoms with E-state index in [9.17, 15) is 18.0 Å². The fourth-order valence-electron chi connectivity index (χ4n) is 2.51. The van der Waals surface area contributed by atoms with Gasteiger partial charge in [-0.1, -0.05) is 11.6 Å². The summed E-state index contributed by atoms with van der Waals surface area (Å²) in [5.74, 6) is -2.93. The molecule has 1 fully saturated rings. The lowest BCUT2D eigenvalue weighted by Crippen LogP contribution is -2.26. The molecule has 1 aliphatic rings. The van der Waals surface area contributed by atoms with Gasteiger partial charge >= 0.3 is 0 Å². The number of aromatic nitrogens is 3. The van der Waals surface area contributed by atoms with Crippen LogP contribution in [0.4, 0.5) is 13.2 Å². The van der Waals surface area contributed by atoms with Gasteiger partial charge < -0.3 is 5.32 Å². The fraction of sp³-hybridized carbons (Fsp3) is 0.188. The molecule has 0 saturated heterocycles. The third-order valence-electron chi connectivity index (χ3n) is 3.85. The van der Waals surface area contributed by atoms with Gasteiger partial charge in [0.05, 0.1) is 23.0 Å². The molecule has 0 unspecified atom stereocenters. The highest BCUT2D eigenvalue weighted by Gasteiger charge is 2.29. The van der Waals surface area contributed by atoms with Crippen molar-refractivity contribution in [3.8, 4) is 11.1 Å². The topological polar surface area (TPSA) is 59.3 Å². The highest BCUT2D eigenvalue weighted by atomic mass is 35.5. The van der Waals surface area contributed by atoms with E-state index < -0.39 is 23.4 Å². The van der Waals surface area contributed by atoms with Crippen LogP contribution in [0.1, 0.15) is 23.3 Å². The summed E-state index contributed by atoms with van der Waals surface area (Å²) in [6.07, 6.45) is 3.59. The molecule has 1 aliphatic carbocycles. The SMILES string of the molecule is O=C(NC1CC1)c1nn2cc(F)cnc2c1-c1cc(F)c(Cl)cc1F. The Bertz CT molecular complexity index is 1020. The number of halogens is 4. The minimum absolute atomic E-state index is 0.0220. The van der Waals surface area contributed by atoms with E-state index in [1.54, 1.807) is 0 Å². The number of hydrogen-bond donors (Lipinski definition) is 1. The van der Waals surface area contributed by atoms with Crippen molar-refractivity contribution < 1.29 is 18.0 Å². The average molecular weight is 367 g/mol. The van der Waals surface area contributed by atoms with Crippen molar-refractivity contribution in [3.05, 3.63) is 52.7 Å². The summed E-state index contributed by atoms with van der Waals surface area (Å²) in [4.78, 5) is 16.3. The molecule has 5 nitrogen and oxygen atoms in total. The van der Waals surface area contributed by atoms with Crippen LogP contribution in [0.2, 0.25) is 5.02 Å². The molecular weight excluding hydrogens is 357 g/mol. The van der Waals surface area contributed by atoms with Crippen molar-refractivity contribution in [1.29, 1.82) is 0 Å². The summed E-state index contributed by atoms with van der Waals surface area (Å²) < 4.78 is 42.7. The number of benzene rings is 1. The molecule has 1 N–H and O–H groups in total. The van der Waals surface area contributed by atoms with Crippen LogP contribution in [0.3, 0.4) is 0 Å². The number of hydrogen-bond acceptors (Lipinski definition) is 3. The first-order valence-electron chi connectivity index (χ1n) is 7.43. The Morgan fingerprint density at radius 1 is 1.24 bits per heavy atom. The lowest BCUT2D eigenvalue weighted by Gasteiger charge is -2.06. The molecular formula is C16H10ClF3N4O. The monoisotopic (exact) mass is 366 g/mol. The summed E-state index contributed by atoms with van der Waals surface area (Å²) in [5, 5.41) is 6.34. The minimum Gasteiger partial charge on any atom is -0.348 e. The summed E-state index contributed by atoms with van der Waals surface area (Å²) in [6, 6.07) is 1.71. The second-order valence-corrected chi connectivity index (χ2v) is 6.17. The van der Waals surface area contributed by atoms with Gasteiger partial charge in [0.25, 0.3) is 5.91 Å². The van der Waals surface area contributed by atoms with E-state index in [4.69, 9.17) is 11.6 Å². The van der Waals surface area contributed by atoms with E-state index in [0.717, 1.165) is 41.9 Å². The van der Waals surface area contributed by atoms with Gasteiger partial charge in [-0.2, -0.15) is 5.10 Å². The Kier molecular flexibility index (Phi) is 3.64. The lowest BCUT2D eigenvalue weighted by atomic mass is 10.0. The van der Waals surface area contributed by atoms with Gasteiger partial charge in [0.15, 0.2) is 17.2 Å². The second-order valence-electron chi connectivity index (χ2n) is 5.76. The lowest BCUT2D eigenvalue weighted by molar-refractivity contribution is 0.0946. The number of carbonyl (C=O) groups is 1.